The Hall–Kier alpha value is -2.09. The first-order valence-electron chi connectivity index (χ1n) is 7.73. The molecule has 0 bridgehead atoms. The second kappa shape index (κ2) is 11.4. The zero-order valence-electron chi connectivity index (χ0n) is 14.3. The van der Waals surface area contributed by atoms with Crippen molar-refractivity contribution in [3.63, 3.8) is 0 Å². The van der Waals surface area contributed by atoms with Crippen LogP contribution in [0.4, 0.5) is 8.78 Å². The minimum atomic E-state index is -2.89. The van der Waals surface area contributed by atoms with Crippen molar-refractivity contribution in [2.45, 2.75) is 20.0 Å². The van der Waals surface area contributed by atoms with Gasteiger partial charge in [-0.2, -0.15) is 8.78 Å². The van der Waals surface area contributed by atoms with Crippen molar-refractivity contribution in [2.24, 2.45) is 4.99 Å². The van der Waals surface area contributed by atoms with Crippen LogP contribution in [-0.2, 0) is 11.2 Å². The number of nitrogens with one attached hydrogen (secondary N) is 2. The predicted octanol–water partition coefficient (Wildman–Crippen LogP) is 2.04. The van der Waals surface area contributed by atoms with Crippen LogP contribution in [-0.4, -0.2) is 53.0 Å². The van der Waals surface area contributed by atoms with Crippen LogP contribution in [0.15, 0.2) is 23.2 Å². The Morgan fingerprint density at radius 2 is 2.00 bits per heavy atom. The SMILES string of the molecule is CCNC(=NCCOC)NCCc1ccc(OC)c(OC(F)F)c1. The number of methoxy groups -OCH3 is 2. The van der Waals surface area contributed by atoms with Crippen LogP contribution in [0.2, 0.25) is 0 Å². The van der Waals surface area contributed by atoms with Gasteiger partial charge in [-0.05, 0) is 31.0 Å². The van der Waals surface area contributed by atoms with Gasteiger partial charge in [0.25, 0.3) is 0 Å². The first-order chi connectivity index (χ1) is 11.6. The van der Waals surface area contributed by atoms with Crippen LogP contribution in [0.3, 0.4) is 0 Å². The third-order valence-corrected chi connectivity index (χ3v) is 3.06. The maximum absolute atomic E-state index is 12.4. The molecule has 0 atom stereocenters. The molecule has 8 heteroatoms. The van der Waals surface area contributed by atoms with Gasteiger partial charge in [-0.1, -0.05) is 6.07 Å². The molecule has 1 aromatic carbocycles. The van der Waals surface area contributed by atoms with E-state index in [0.29, 0.717) is 32.1 Å². The van der Waals surface area contributed by atoms with E-state index in [2.05, 4.69) is 20.4 Å². The highest BCUT2D eigenvalue weighted by atomic mass is 19.3. The number of nitrogens with zero attached hydrogens (tertiary/aromatic N) is 1. The molecule has 0 fully saturated rings. The molecule has 24 heavy (non-hydrogen) atoms. The van der Waals surface area contributed by atoms with Gasteiger partial charge in [0.1, 0.15) is 0 Å². The molecule has 1 aromatic rings. The normalized spacial score (nSPS) is 11.5. The van der Waals surface area contributed by atoms with Crippen molar-refractivity contribution in [2.75, 3.05) is 40.5 Å². The summed E-state index contributed by atoms with van der Waals surface area (Å²) in [5, 5.41) is 6.30. The number of hydrogen-bond donors (Lipinski definition) is 2. The average molecular weight is 345 g/mol. The van der Waals surface area contributed by atoms with Crippen molar-refractivity contribution in [3.05, 3.63) is 23.8 Å². The Morgan fingerprint density at radius 3 is 2.62 bits per heavy atom. The number of hydrogen-bond acceptors (Lipinski definition) is 4. The van der Waals surface area contributed by atoms with Crippen LogP contribution in [0.5, 0.6) is 11.5 Å². The molecule has 0 aliphatic carbocycles. The number of benzene rings is 1. The molecule has 0 saturated heterocycles. The van der Waals surface area contributed by atoms with E-state index >= 15 is 0 Å². The van der Waals surface area contributed by atoms with E-state index in [4.69, 9.17) is 9.47 Å². The standard InChI is InChI=1S/C16H25F2N3O3/c1-4-19-16(21-9-10-22-2)20-8-7-12-5-6-13(23-3)14(11-12)24-15(17)18/h5-6,11,15H,4,7-10H2,1-3H3,(H2,19,20,21). The van der Waals surface area contributed by atoms with Gasteiger partial charge >= 0.3 is 6.61 Å². The molecule has 6 nitrogen and oxygen atoms in total. The number of halogens is 2. The van der Waals surface area contributed by atoms with Crippen LogP contribution in [0, 0.1) is 0 Å². The van der Waals surface area contributed by atoms with Crippen LogP contribution in [0.1, 0.15) is 12.5 Å². The Morgan fingerprint density at radius 1 is 1.21 bits per heavy atom. The lowest BCUT2D eigenvalue weighted by molar-refractivity contribution is -0.0512. The third kappa shape index (κ3) is 7.45. The van der Waals surface area contributed by atoms with Gasteiger partial charge in [-0.15, -0.1) is 0 Å². The number of guanidine groups is 1. The summed E-state index contributed by atoms with van der Waals surface area (Å²) in [5.41, 5.74) is 0.853. The fourth-order valence-corrected chi connectivity index (χ4v) is 1.98. The molecule has 0 amide bonds. The zero-order chi connectivity index (χ0) is 17.8. The lowest BCUT2D eigenvalue weighted by atomic mass is 10.1. The van der Waals surface area contributed by atoms with E-state index in [-0.39, 0.29) is 11.5 Å². The van der Waals surface area contributed by atoms with Crippen LogP contribution < -0.4 is 20.1 Å². The Labute approximate surface area is 141 Å². The molecule has 0 unspecified atom stereocenters. The summed E-state index contributed by atoms with van der Waals surface area (Å²) >= 11 is 0. The highest BCUT2D eigenvalue weighted by Crippen LogP contribution is 2.29. The molecule has 0 saturated carbocycles. The molecule has 0 aromatic heterocycles. The first-order valence-corrected chi connectivity index (χ1v) is 7.73. The van der Waals surface area contributed by atoms with E-state index in [1.54, 1.807) is 19.2 Å². The van der Waals surface area contributed by atoms with Gasteiger partial charge in [-0.25, -0.2) is 0 Å². The number of alkyl halides is 2. The second-order valence-corrected chi connectivity index (χ2v) is 4.79. The minimum absolute atomic E-state index is 0.0330. The molecular formula is C16H25F2N3O3. The summed E-state index contributed by atoms with van der Waals surface area (Å²) in [6.45, 7) is 1.53. The minimum Gasteiger partial charge on any atom is -0.493 e. The quantitative estimate of drug-likeness (QED) is 0.386. The fourth-order valence-electron chi connectivity index (χ4n) is 1.98. The molecule has 1 rings (SSSR count). The number of ether oxygens (including phenoxy) is 3. The average Bonchev–Trinajstić information content (AvgIpc) is 2.55. The highest BCUT2D eigenvalue weighted by Gasteiger charge is 2.11. The van der Waals surface area contributed by atoms with E-state index < -0.39 is 6.61 Å². The summed E-state index contributed by atoms with van der Waals surface area (Å²) in [6.07, 6.45) is 0.623. The third-order valence-electron chi connectivity index (χ3n) is 3.06. The summed E-state index contributed by atoms with van der Waals surface area (Å²) in [7, 11) is 3.03. The maximum Gasteiger partial charge on any atom is 0.387 e. The van der Waals surface area contributed by atoms with Crippen LogP contribution in [0.25, 0.3) is 0 Å². The van der Waals surface area contributed by atoms with Crippen LogP contribution >= 0.6 is 0 Å². The summed E-state index contributed by atoms with van der Waals surface area (Å²) < 4.78 is 39.3. The Balaban J connectivity index is 2.60. The molecule has 0 spiro atoms. The molecule has 0 heterocycles. The summed E-state index contributed by atoms with van der Waals surface area (Å²) in [4.78, 5) is 4.34. The van der Waals surface area contributed by atoms with Gasteiger partial charge in [-0.3, -0.25) is 4.99 Å². The number of aliphatic imine (C=N–C) groups is 1. The molecule has 136 valence electrons. The largest absolute Gasteiger partial charge is 0.493 e. The van der Waals surface area contributed by atoms with Gasteiger partial charge < -0.3 is 24.8 Å². The lowest BCUT2D eigenvalue weighted by Crippen LogP contribution is -2.38. The van der Waals surface area contributed by atoms with Crippen molar-refractivity contribution in [3.8, 4) is 11.5 Å². The lowest BCUT2D eigenvalue weighted by Gasteiger charge is -2.13. The molecule has 2 N–H and O–H groups in total. The summed E-state index contributed by atoms with van der Waals surface area (Å²) in [6, 6.07) is 4.99. The van der Waals surface area contributed by atoms with Gasteiger partial charge in [0.05, 0.1) is 20.3 Å². The molecular weight excluding hydrogens is 320 g/mol. The van der Waals surface area contributed by atoms with Gasteiger partial charge in [0.2, 0.25) is 0 Å². The summed E-state index contributed by atoms with van der Waals surface area (Å²) in [5.74, 6) is 0.999. The molecule has 0 aliphatic rings. The van der Waals surface area contributed by atoms with E-state index in [0.717, 1.165) is 12.1 Å². The van der Waals surface area contributed by atoms with E-state index in [9.17, 15) is 8.78 Å². The smallest absolute Gasteiger partial charge is 0.387 e. The Bertz CT molecular complexity index is 513. The maximum atomic E-state index is 12.4. The molecule has 0 aliphatic heterocycles. The van der Waals surface area contributed by atoms with Crippen molar-refractivity contribution in [1.82, 2.24) is 10.6 Å². The van der Waals surface area contributed by atoms with E-state index in [1.165, 1.54) is 7.11 Å². The second-order valence-electron chi connectivity index (χ2n) is 4.79. The zero-order valence-corrected chi connectivity index (χ0v) is 14.3. The fraction of sp³-hybridized carbons (Fsp3) is 0.562. The molecule has 0 radical (unpaired) electrons. The topological polar surface area (TPSA) is 64.1 Å². The van der Waals surface area contributed by atoms with E-state index in [1.807, 2.05) is 13.0 Å². The Kier molecular flexibility index (Phi) is 9.52. The van der Waals surface area contributed by atoms with Crippen molar-refractivity contribution in [1.29, 1.82) is 0 Å². The van der Waals surface area contributed by atoms with Gasteiger partial charge in [0, 0.05) is 20.2 Å². The first kappa shape index (κ1) is 20.0. The predicted molar refractivity (Wildman–Crippen MR) is 89.2 cm³/mol. The van der Waals surface area contributed by atoms with Crippen molar-refractivity contribution < 1.29 is 23.0 Å². The van der Waals surface area contributed by atoms with Crippen molar-refractivity contribution >= 4 is 5.96 Å². The monoisotopic (exact) mass is 345 g/mol. The highest BCUT2D eigenvalue weighted by molar-refractivity contribution is 5.79. The number of rotatable bonds is 10. The van der Waals surface area contributed by atoms with Gasteiger partial charge in [0.15, 0.2) is 17.5 Å².